The van der Waals surface area contributed by atoms with Gasteiger partial charge in [0, 0.05) is 18.5 Å². The van der Waals surface area contributed by atoms with Crippen LogP contribution in [0.3, 0.4) is 0 Å². The first-order chi connectivity index (χ1) is 8.38. The number of aromatic nitrogens is 4. The molecule has 3 aromatic heterocycles. The van der Waals surface area contributed by atoms with Crippen LogP contribution in [0.4, 0.5) is 0 Å². The molecule has 0 amide bonds. The van der Waals surface area contributed by atoms with Crippen LogP contribution in [0.5, 0.6) is 5.88 Å². The van der Waals surface area contributed by atoms with E-state index in [0.717, 1.165) is 11.1 Å². The van der Waals surface area contributed by atoms with E-state index in [1.807, 2.05) is 24.4 Å². The molecule has 84 valence electrons. The molecule has 0 N–H and O–H groups in total. The van der Waals surface area contributed by atoms with E-state index in [9.17, 15) is 0 Å². The van der Waals surface area contributed by atoms with E-state index in [1.165, 1.54) is 0 Å². The van der Waals surface area contributed by atoms with Crippen LogP contribution in [0.15, 0.2) is 42.9 Å². The summed E-state index contributed by atoms with van der Waals surface area (Å²) in [4.78, 5) is 8.53. The first kappa shape index (κ1) is 9.77. The van der Waals surface area contributed by atoms with Gasteiger partial charge in [0.2, 0.25) is 5.88 Å². The van der Waals surface area contributed by atoms with Crippen molar-refractivity contribution < 1.29 is 4.74 Å². The van der Waals surface area contributed by atoms with E-state index in [-0.39, 0.29) is 0 Å². The number of hydrogen-bond donors (Lipinski definition) is 0. The molecule has 0 aliphatic rings. The predicted molar refractivity (Wildman–Crippen MR) is 62.8 cm³/mol. The summed E-state index contributed by atoms with van der Waals surface area (Å²) < 4.78 is 6.88. The van der Waals surface area contributed by atoms with Crippen LogP contribution < -0.4 is 4.74 Å². The zero-order valence-electron chi connectivity index (χ0n) is 9.24. The van der Waals surface area contributed by atoms with Gasteiger partial charge in [-0.2, -0.15) is 10.1 Å². The number of rotatable bonds is 2. The van der Waals surface area contributed by atoms with Crippen molar-refractivity contribution in [2.45, 2.75) is 0 Å². The minimum Gasteiger partial charge on any atom is -0.481 e. The minimum absolute atomic E-state index is 0.547. The summed E-state index contributed by atoms with van der Waals surface area (Å²) in [6.45, 7) is 0. The zero-order chi connectivity index (χ0) is 11.7. The Bertz CT molecular complexity index is 662. The molecule has 0 fully saturated rings. The Labute approximate surface area is 97.7 Å². The molecular formula is C12H10N4O. The summed E-state index contributed by atoms with van der Waals surface area (Å²) in [5.41, 5.74) is 1.87. The predicted octanol–water partition coefficient (Wildman–Crippen LogP) is 1.80. The van der Waals surface area contributed by atoms with E-state index in [0.29, 0.717) is 11.7 Å². The van der Waals surface area contributed by atoms with Gasteiger partial charge in [-0.25, -0.2) is 9.50 Å². The summed E-state index contributed by atoms with van der Waals surface area (Å²) in [7, 11) is 1.59. The lowest BCUT2D eigenvalue weighted by Crippen LogP contribution is -1.92. The van der Waals surface area contributed by atoms with Gasteiger partial charge in [-0.3, -0.25) is 0 Å². The van der Waals surface area contributed by atoms with Crippen LogP contribution in [0, 0.1) is 0 Å². The Morgan fingerprint density at radius 3 is 3.06 bits per heavy atom. The topological polar surface area (TPSA) is 52.3 Å². The maximum Gasteiger partial charge on any atom is 0.216 e. The van der Waals surface area contributed by atoms with Gasteiger partial charge in [0.15, 0.2) is 5.82 Å². The third-order valence-corrected chi connectivity index (χ3v) is 2.51. The Morgan fingerprint density at radius 2 is 2.18 bits per heavy atom. The molecule has 0 unspecified atom stereocenters. The molecule has 0 saturated heterocycles. The fraction of sp³-hybridized carbons (Fsp3) is 0.0833. The average Bonchev–Trinajstić information content (AvgIpc) is 2.82. The lowest BCUT2D eigenvalue weighted by atomic mass is 10.2. The van der Waals surface area contributed by atoms with E-state index in [1.54, 1.807) is 30.1 Å². The molecule has 0 aliphatic carbocycles. The number of hydrogen-bond acceptors (Lipinski definition) is 4. The van der Waals surface area contributed by atoms with Crippen molar-refractivity contribution in [3.63, 3.8) is 0 Å². The summed E-state index contributed by atoms with van der Waals surface area (Å²) in [6.07, 6.45) is 5.32. The van der Waals surface area contributed by atoms with Gasteiger partial charge in [-0.1, -0.05) is 6.07 Å². The second kappa shape index (κ2) is 3.86. The maximum absolute atomic E-state index is 5.09. The number of methoxy groups -OCH3 is 1. The van der Waals surface area contributed by atoms with Crippen LogP contribution >= 0.6 is 0 Å². The van der Waals surface area contributed by atoms with E-state index in [4.69, 9.17) is 4.74 Å². The summed E-state index contributed by atoms with van der Waals surface area (Å²) in [6, 6.07) is 7.58. The van der Waals surface area contributed by atoms with Crippen LogP contribution in [-0.2, 0) is 0 Å². The molecule has 3 rings (SSSR count). The Kier molecular flexibility index (Phi) is 2.22. The number of fused-ring (bicyclic) bond motifs is 1. The Hall–Kier alpha value is -2.43. The van der Waals surface area contributed by atoms with Crippen molar-refractivity contribution in [1.82, 2.24) is 19.6 Å². The van der Waals surface area contributed by atoms with Crippen molar-refractivity contribution in [1.29, 1.82) is 0 Å². The quantitative estimate of drug-likeness (QED) is 0.668. The second-order valence-electron chi connectivity index (χ2n) is 3.51. The highest BCUT2D eigenvalue weighted by Gasteiger charge is 2.09. The number of ether oxygens (including phenoxy) is 1. The molecule has 17 heavy (non-hydrogen) atoms. The lowest BCUT2D eigenvalue weighted by Gasteiger charge is -2.00. The Balaban J connectivity index is 2.20. The third kappa shape index (κ3) is 1.61. The largest absolute Gasteiger partial charge is 0.481 e. The standard InChI is InChI=1S/C12H10N4O/c1-17-11-5-6-13-12(15-11)9-8-14-16-7-3-2-4-10(9)16/h2-8H,1H3. The SMILES string of the molecule is COc1ccnc(-c2cnn3ccccc23)n1. The van der Waals surface area contributed by atoms with Crippen LogP contribution in [0.2, 0.25) is 0 Å². The van der Waals surface area contributed by atoms with Crippen molar-refractivity contribution >= 4 is 5.52 Å². The highest BCUT2D eigenvalue weighted by atomic mass is 16.5. The first-order valence-electron chi connectivity index (χ1n) is 5.18. The van der Waals surface area contributed by atoms with Crippen LogP contribution in [-0.4, -0.2) is 26.7 Å². The second-order valence-corrected chi connectivity index (χ2v) is 3.51. The summed E-state index contributed by atoms with van der Waals surface area (Å²) >= 11 is 0. The monoisotopic (exact) mass is 226 g/mol. The molecule has 0 radical (unpaired) electrons. The molecule has 0 aliphatic heterocycles. The van der Waals surface area contributed by atoms with Crippen molar-refractivity contribution in [2.75, 3.05) is 7.11 Å². The molecule has 0 atom stereocenters. The van der Waals surface area contributed by atoms with Crippen LogP contribution in [0.25, 0.3) is 16.9 Å². The molecule has 0 spiro atoms. The van der Waals surface area contributed by atoms with E-state index in [2.05, 4.69) is 15.1 Å². The van der Waals surface area contributed by atoms with E-state index >= 15 is 0 Å². The molecule has 3 heterocycles. The third-order valence-electron chi connectivity index (χ3n) is 2.51. The van der Waals surface area contributed by atoms with Gasteiger partial charge in [0.25, 0.3) is 0 Å². The van der Waals surface area contributed by atoms with Crippen molar-refractivity contribution in [3.8, 4) is 17.3 Å². The minimum atomic E-state index is 0.547. The number of nitrogens with zero attached hydrogens (tertiary/aromatic N) is 4. The average molecular weight is 226 g/mol. The molecule has 5 heteroatoms. The molecule has 0 aromatic carbocycles. The van der Waals surface area contributed by atoms with E-state index < -0.39 is 0 Å². The smallest absolute Gasteiger partial charge is 0.216 e. The lowest BCUT2D eigenvalue weighted by molar-refractivity contribution is 0.397. The fourth-order valence-electron chi connectivity index (χ4n) is 1.69. The van der Waals surface area contributed by atoms with Gasteiger partial charge >= 0.3 is 0 Å². The molecule has 5 nitrogen and oxygen atoms in total. The molecule has 0 saturated carbocycles. The summed E-state index contributed by atoms with van der Waals surface area (Å²) in [5, 5.41) is 4.25. The fourth-order valence-corrected chi connectivity index (χ4v) is 1.69. The van der Waals surface area contributed by atoms with Gasteiger partial charge in [-0.15, -0.1) is 0 Å². The maximum atomic E-state index is 5.09. The van der Waals surface area contributed by atoms with Crippen LogP contribution in [0.1, 0.15) is 0 Å². The van der Waals surface area contributed by atoms with Crippen molar-refractivity contribution in [3.05, 3.63) is 42.9 Å². The van der Waals surface area contributed by atoms with Gasteiger partial charge < -0.3 is 4.74 Å². The normalized spacial score (nSPS) is 10.6. The molecule has 3 aromatic rings. The highest BCUT2D eigenvalue weighted by molar-refractivity contribution is 5.75. The molecule has 0 bridgehead atoms. The summed E-state index contributed by atoms with van der Waals surface area (Å²) in [5.74, 6) is 1.16. The Morgan fingerprint density at radius 1 is 1.24 bits per heavy atom. The first-order valence-corrected chi connectivity index (χ1v) is 5.18. The number of pyridine rings is 1. The van der Waals surface area contributed by atoms with Gasteiger partial charge in [0.05, 0.1) is 24.4 Å². The highest BCUT2D eigenvalue weighted by Crippen LogP contribution is 2.21. The van der Waals surface area contributed by atoms with Crippen molar-refractivity contribution in [2.24, 2.45) is 0 Å². The zero-order valence-corrected chi connectivity index (χ0v) is 9.24. The molecular weight excluding hydrogens is 216 g/mol. The van der Waals surface area contributed by atoms with Gasteiger partial charge in [0.1, 0.15) is 0 Å². The van der Waals surface area contributed by atoms with Gasteiger partial charge in [-0.05, 0) is 12.1 Å².